The number of hydrogen-bond acceptors (Lipinski definition) is 9. The van der Waals surface area contributed by atoms with Crippen molar-refractivity contribution in [3.63, 3.8) is 0 Å². The standard InChI is InChI=1S/C19H24N4O6S2/c1-5-7-8-13-11-30-15(17(24)29-9-6-2)16(13)31(26,27)23-19(25)22-18-20-12(3)10-14(21-18)28-4/h6,10-11H,2,5,7-9H2,1,3-4H3,(H2,20,21,22,23,25). The molecule has 0 bridgehead atoms. The summed E-state index contributed by atoms with van der Waals surface area (Å²) < 4.78 is 37.9. The summed E-state index contributed by atoms with van der Waals surface area (Å²) in [5.74, 6) is -0.732. The van der Waals surface area contributed by atoms with Gasteiger partial charge in [-0.25, -0.2) is 27.7 Å². The molecule has 0 aromatic carbocycles. The van der Waals surface area contributed by atoms with Crippen molar-refractivity contribution in [2.75, 3.05) is 19.0 Å². The molecule has 168 valence electrons. The fourth-order valence-corrected chi connectivity index (χ4v) is 5.23. The van der Waals surface area contributed by atoms with Gasteiger partial charge in [0, 0.05) is 11.8 Å². The van der Waals surface area contributed by atoms with E-state index in [0.29, 0.717) is 24.1 Å². The molecule has 10 nitrogen and oxygen atoms in total. The average Bonchev–Trinajstić information content (AvgIpc) is 3.14. The molecule has 2 heterocycles. The molecule has 0 saturated heterocycles. The van der Waals surface area contributed by atoms with Gasteiger partial charge in [0.25, 0.3) is 10.0 Å². The minimum atomic E-state index is -4.39. The zero-order valence-corrected chi connectivity index (χ0v) is 19.1. The van der Waals surface area contributed by atoms with Crippen molar-refractivity contribution in [3.05, 3.63) is 40.2 Å². The van der Waals surface area contributed by atoms with E-state index in [-0.39, 0.29) is 28.2 Å². The van der Waals surface area contributed by atoms with Gasteiger partial charge >= 0.3 is 12.0 Å². The summed E-state index contributed by atoms with van der Waals surface area (Å²) in [7, 11) is -2.99. The molecule has 0 saturated carbocycles. The van der Waals surface area contributed by atoms with Gasteiger partial charge in [0.1, 0.15) is 16.4 Å². The van der Waals surface area contributed by atoms with Crippen molar-refractivity contribution in [1.29, 1.82) is 0 Å². The second kappa shape index (κ2) is 10.9. The number of amides is 2. The molecular formula is C19H24N4O6S2. The van der Waals surface area contributed by atoms with E-state index in [1.54, 1.807) is 18.4 Å². The number of esters is 1. The Bertz CT molecular complexity index is 1070. The number of ether oxygens (including phenoxy) is 2. The van der Waals surface area contributed by atoms with Crippen LogP contribution in [-0.4, -0.2) is 44.1 Å². The van der Waals surface area contributed by atoms with Gasteiger partial charge in [-0.1, -0.05) is 26.0 Å². The van der Waals surface area contributed by atoms with E-state index < -0.39 is 22.0 Å². The zero-order valence-electron chi connectivity index (χ0n) is 17.4. The highest BCUT2D eigenvalue weighted by molar-refractivity contribution is 7.90. The summed E-state index contributed by atoms with van der Waals surface area (Å²) in [6.07, 6.45) is 3.34. The lowest BCUT2D eigenvalue weighted by molar-refractivity contribution is 0.0551. The van der Waals surface area contributed by atoms with Crippen molar-refractivity contribution in [2.45, 2.75) is 38.0 Å². The van der Waals surface area contributed by atoms with Crippen molar-refractivity contribution in [3.8, 4) is 5.88 Å². The summed E-state index contributed by atoms with van der Waals surface area (Å²) in [6, 6.07) is 0.470. The van der Waals surface area contributed by atoms with Crippen molar-refractivity contribution < 1.29 is 27.5 Å². The van der Waals surface area contributed by atoms with Crippen LogP contribution in [0.5, 0.6) is 5.88 Å². The molecule has 0 unspecified atom stereocenters. The Kier molecular flexibility index (Phi) is 8.51. The predicted molar refractivity (Wildman–Crippen MR) is 116 cm³/mol. The highest BCUT2D eigenvalue weighted by atomic mass is 32.2. The molecule has 0 aliphatic rings. The average molecular weight is 469 g/mol. The first-order valence-corrected chi connectivity index (χ1v) is 11.7. The van der Waals surface area contributed by atoms with E-state index >= 15 is 0 Å². The van der Waals surface area contributed by atoms with E-state index in [1.807, 2.05) is 11.6 Å². The number of nitrogens with zero attached hydrogens (tertiary/aromatic N) is 2. The van der Waals surface area contributed by atoms with Crippen molar-refractivity contribution >= 4 is 39.3 Å². The number of thiophene rings is 1. The maximum atomic E-state index is 13.0. The Balaban J connectivity index is 2.31. The van der Waals surface area contributed by atoms with E-state index in [0.717, 1.165) is 17.8 Å². The quantitative estimate of drug-likeness (QED) is 0.401. The number of urea groups is 1. The Morgan fingerprint density at radius 2 is 2.06 bits per heavy atom. The third-order valence-electron chi connectivity index (χ3n) is 3.90. The number of anilines is 1. The van der Waals surface area contributed by atoms with Gasteiger partial charge in [-0.2, -0.15) is 4.98 Å². The van der Waals surface area contributed by atoms with Crippen LogP contribution >= 0.6 is 11.3 Å². The highest BCUT2D eigenvalue weighted by Crippen LogP contribution is 2.29. The van der Waals surface area contributed by atoms with Crippen molar-refractivity contribution in [1.82, 2.24) is 14.7 Å². The number of aromatic nitrogens is 2. The van der Waals surface area contributed by atoms with Gasteiger partial charge in [0.15, 0.2) is 0 Å². The molecular weight excluding hydrogens is 444 g/mol. The number of carbonyl (C=O) groups is 2. The van der Waals surface area contributed by atoms with Crippen molar-refractivity contribution in [2.24, 2.45) is 0 Å². The maximum Gasteiger partial charge on any atom is 0.350 e. The number of carbonyl (C=O) groups excluding carboxylic acids is 2. The minimum Gasteiger partial charge on any atom is -0.481 e. The third-order valence-corrected chi connectivity index (χ3v) is 6.49. The number of methoxy groups -OCH3 is 1. The van der Waals surface area contributed by atoms with Gasteiger partial charge < -0.3 is 9.47 Å². The lowest BCUT2D eigenvalue weighted by Crippen LogP contribution is -2.36. The van der Waals surface area contributed by atoms with Crippen LogP contribution in [0.3, 0.4) is 0 Å². The highest BCUT2D eigenvalue weighted by Gasteiger charge is 2.30. The summed E-state index contributed by atoms with van der Waals surface area (Å²) >= 11 is 0.949. The zero-order chi connectivity index (χ0) is 23.0. The summed E-state index contributed by atoms with van der Waals surface area (Å²) in [5.41, 5.74) is 0.947. The van der Waals surface area contributed by atoms with Gasteiger partial charge in [0.05, 0.1) is 7.11 Å². The first-order chi connectivity index (χ1) is 14.7. The molecule has 0 atom stereocenters. The Labute approximate surface area is 184 Å². The molecule has 0 radical (unpaired) electrons. The second-order valence-corrected chi connectivity index (χ2v) is 8.84. The lowest BCUT2D eigenvalue weighted by atomic mass is 10.1. The minimum absolute atomic E-state index is 0.0685. The molecule has 2 aromatic heterocycles. The molecule has 0 fully saturated rings. The second-order valence-electron chi connectivity index (χ2n) is 6.34. The number of nitrogens with one attached hydrogen (secondary N) is 2. The molecule has 2 aromatic rings. The molecule has 31 heavy (non-hydrogen) atoms. The van der Waals surface area contributed by atoms with Crippen LogP contribution in [0.25, 0.3) is 0 Å². The fourth-order valence-electron chi connectivity index (χ4n) is 2.56. The summed E-state index contributed by atoms with van der Waals surface area (Å²) in [4.78, 5) is 32.3. The van der Waals surface area contributed by atoms with Gasteiger partial charge in [-0.05, 0) is 30.7 Å². The van der Waals surface area contributed by atoms with Crippen LogP contribution in [0.1, 0.15) is 40.7 Å². The Morgan fingerprint density at radius 3 is 2.71 bits per heavy atom. The van der Waals surface area contributed by atoms with Gasteiger partial charge in [0.2, 0.25) is 11.8 Å². The van der Waals surface area contributed by atoms with E-state index in [4.69, 9.17) is 9.47 Å². The van der Waals surface area contributed by atoms with E-state index in [9.17, 15) is 18.0 Å². The number of hydrogen-bond donors (Lipinski definition) is 2. The SMILES string of the molecule is C=CCOC(=O)c1scc(CCCC)c1S(=O)(=O)NC(=O)Nc1nc(C)cc(OC)n1. The van der Waals surface area contributed by atoms with Crippen LogP contribution in [0, 0.1) is 6.92 Å². The molecule has 0 spiro atoms. The number of aryl methyl sites for hydroxylation is 2. The van der Waals surface area contributed by atoms with Crippen LogP contribution < -0.4 is 14.8 Å². The van der Waals surface area contributed by atoms with Gasteiger partial charge in [-0.3, -0.25) is 5.32 Å². The van der Waals surface area contributed by atoms with Crippen LogP contribution in [0.4, 0.5) is 10.7 Å². The van der Waals surface area contributed by atoms with E-state index in [1.165, 1.54) is 13.2 Å². The van der Waals surface area contributed by atoms with Crippen LogP contribution in [-0.2, 0) is 21.2 Å². The topological polar surface area (TPSA) is 137 Å². The number of rotatable bonds is 10. The lowest BCUT2D eigenvalue weighted by Gasteiger charge is -2.11. The first-order valence-electron chi connectivity index (χ1n) is 9.33. The Hall–Kier alpha value is -2.99. The fraction of sp³-hybridized carbons (Fsp3) is 0.368. The summed E-state index contributed by atoms with van der Waals surface area (Å²) in [5, 5.41) is 3.85. The first kappa shape index (κ1) is 24.3. The Morgan fingerprint density at radius 1 is 1.32 bits per heavy atom. The molecule has 2 rings (SSSR count). The van der Waals surface area contributed by atoms with E-state index in [2.05, 4.69) is 21.9 Å². The number of sulfonamides is 1. The molecule has 2 N–H and O–H groups in total. The molecule has 2 amide bonds. The molecule has 0 aliphatic carbocycles. The molecule has 12 heteroatoms. The van der Waals surface area contributed by atoms with Crippen LogP contribution in [0.15, 0.2) is 29.0 Å². The third kappa shape index (κ3) is 6.49. The predicted octanol–water partition coefficient (Wildman–Crippen LogP) is 3.05. The number of unbranched alkanes of at least 4 members (excludes halogenated alkanes) is 1. The van der Waals surface area contributed by atoms with Crippen LogP contribution in [0.2, 0.25) is 0 Å². The smallest absolute Gasteiger partial charge is 0.350 e. The molecule has 0 aliphatic heterocycles. The monoisotopic (exact) mass is 468 g/mol. The summed E-state index contributed by atoms with van der Waals surface area (Å²) in [6.45, 7) is 7.02. The maximum absolute atomic E-state index is 13.0. The van der Waals surface area contributed by atoms with Gasteiger partial charge in [-0.15, -0.1) is 11.3 Å². The largest absolute Gasteiger partial charge is 0.481 e. The normalized spacial score (nSPS) is 10.9.